The Morgan fingerprint density at radius 3 is 2.64 bits per heavy atom. The monoisotopic (exact) mass is 349 g/mol. The first-order chi connectivity index (χ1) is 11.8. The molecule has 0 aliphatic rings. The normalized spacial score (nSPS) is 13.2. The van der Waals surface area contributed by atoms with Crippen LogP contribution in [0.1, 0.15) is 42.5 Å². The molecule has 0 aliphatic carbocycles. The van der Waals surface area contributed by atoms with E-state index in [4.69, 9.17) is 9.26 Å². The van der Waals surface area contributed by atoms with Crippen LogP contribution in [0, 0.1) is 19.7 Å². The maximum atomic E-state index is 14.1. The summed E-state index contributed by atoms with van der Waals surface area (Å²) in [5.41, 5.74) is 2.12. The van der Waals surface area contributed by atoms with E-state index < -0.39 is 11.9 Å². The number of nitrogens with one attached hydrogen (secondary N) is 2. The lowest BCUT2D eigenvalue weighted by atomic mass is 10.1. The molecule has 0 saturated heterocycles. The molecule has 1 aromatic heterocycles. The van der Waals surface area contributed by atoms with Crippen LogP contribution >= 0.6 is 0 Å². The Labute approximate surface area is 146 Å². The number of halogens is 1. The van der Waals surface area contributed by atoms with Crippen molar-refractivity contribution in [3.05, 3.63) is 46.6 Å². The summed E-state index contributed by atoms with van der Waals surface area (Å²) >= 11 is 0. The first kappa shape index (κ1) is 18.8. The summed E-state index contributed by atoms with van der Waals surface area (Å²) in [4.78, 5) is 12.2. The van der Waals surface area contributed by atoms with Gasteiger partial charge in [-0.05, 0) is 46.2 Å². The number of urea groups is 1. The number of benzene rings is 1. The van der Waals surface area contributed by atoms with Gasteiger partial charge >= 0.3 is 6.03 Å². The van der Waals surface area contributed by atoms with Crippen molar-refractivity contribution in [3.8, 4) is 5.75 Å². The Bertz CT molecular complexity index is 726. The highest BCUT2D eigenvalue weighted by atomic mass is 19.1. The maximum absolute atomic E-state index is 14.1. The largest absolute Gasteiger partial charge is 0.496 e. The van der Waals surface area contributed by atoms with Crippen LogP contribution in [0.5, 0.6) is 5.75 Å². The maximum Gasteiger partial charge on any atom is 0.315 e. The number of nitrogens with zero attached hydrogens (tertiary/aromatic N) is 1. The second-order valence-electron chi connectivity index (χ2n) is 6.10. The Morgan fingerprint density at radius 1 is 1.32 bits per heavy atom. The summed E-state index contributed by atoms with van der Waals surface area (Å²) in [5.74, 6) is 0.725. The van der Waals surface area contributed by atoms with Gasteiger partial charge in [0.25, 0.3) is 0 Å². The van der Waals surface area contributed by atoms with E-state index in [9.17, 15) is 9.18 Å². The number of aromatic nitrogens is 1. The predicted molar refractivity (Wildman–Crippen MR) is 92.2 cm³/mol. The molecule has 2 aromatic rings. The van der Waals surface area contributed by atoms with Crippen LogP contribution in [-0.4, -0.2) is 24.3 Å². The number of methoxy groups -OCH3 is 1. The second-order valence-corrected chi connectivity index (χ2v) is 6.10. The van der Waals surface area contributed by atoms with Gasteiger partial charge in [0.15, 0.2) is 0 Å². The van der Waals surface area contributed by atoms with Gasteiger partial charge < -0.3 is 19.9 Å². The van der Waals surface area contributed by atoms with Gasteiger partial charge in [-0.25, -0.2) is 9.18 Å². The van der Waals surface area contributed by atoms with Gasteiger partial charge in [-0.3, -0.25) is 0 Å². The molecule has 6 nitrogen and oxygen atoms in total. The summed E-state index contributed by atoms with van der Waals surface area (Å²) in [5, 5.41) is 9.50. The SMILES string of the molecule is COc1cccc(F)c1[C@H](C)NC(=O)N[C@H](C)Cc1c(C)noc1C. The molecule has 0 spiro atoms. The third-order valence-electron chi connectivity index (χ3n) is 4.08. The molecule has 25 heavy (non-hydrogen) atoms. The minimum Gasteiger partial charge on any atom is -0.496 e. The fourth-order valence-electron chi connectivity index (χ4n) is 2.80. The molecule has 136 valence electrons. The highest BCUT2D eigenvalue weighted by Gasteiger charge is 2.20. The summed E-state index contributed by atoms with van der Waals surface area (Å²) in [7, 11) is 1.47. The number of hydrogen-bond donors (Lipinski definition) is 2. The highest BCUT2D eigenvalue weighted by Crippen LogP contribution is 2.27. The van der Waals surface area contributed by atoms with Gasteiger partial charge in [-0.1, -0.05) is 11.2 Å². The molecule has 2 amide bonds. The first-order valence-electron chi connectivity index (χ1n) is 8.14. The third-order valence-corrected chi connectivity index (χ3v) is 4.08. The van der Waals surface area contributed by atoms with Gasteiger partial charge in [0.05, 0.1) is 24.4 Å². The minimum atomic E-state index is -0.539. The number of rotatable bonds is 6. The molecule has 2 rings (SSSR count). The molecule has 0 radical (unpaired) electrons. The second kappa shape index (κ2) is 8.00. The molecular weight excluding hydrogens is 325 g/mol. The Balaban J connectivity index is 1.98. The summed E-state index contributed by atoms with van der Waals surface area (Å²) in [6.07, 6.45) is 0.603. The zero-order valence-corrected chi connectivity index (χ0v) is 15.1. The molecule has 7 heteroatoms. The van der Waals surface area contributed by atoms with E-state index in [1.807, 2.05) is 20.8 Å². The van der Waals surface area contributed by atoms with Crippen LogP contribution in [0.25, 0.3) is 0 Å². The zero-order valence-electron chi connectivity index (χ0n) is 15.1. The van der Waals surface area contributed by atoms with Crippen LogP contribution < -0.4 is 15.4 Å². The van der Waals surface area contributed by atoms with Gasteiger partial charge in [0, 0.05) is 11.6 Å². The minimum absolute atomic E-state index is 0.133. The van der Waals surface area contributed by atoms with Crippen molar-refractivity contribution in [1.82, 2.24) is 15.8 Å². The number of ether oxygens (including phenoxy) is 1. The average molecular weight is 349 g/mol. The molecule has 0 fully saturated rings. The van der Waals surface area contributed by atoms with E-state index in [1.54, 1.807) is 19.1 Å². The fraction of sp³-hybridized carbons (Fsp3) is 0.444. The quantitative estimate of drug-likeness (QED) is 0.838. The molecule has 1 aromatic carbocycles. The van der Waals surface area contributed by atoms with Gasteiger partial charge in [0.1, 0.15) is 17.3 Å². The lowest BCUT2D eigenvalue weighted by Gasteiger charge is -2.20. The van der Waals surface area contributed by atoms with E-state index in [0.717, 1.165) is 17.0 Å². The van der Waals surface area contributed by atoms with Crippen molar-refractivity contribution in [2.75, 3.05) is 7.11 Å². The van der Waals surface area contributed by atoms with Crippen LogP contribution in [0.3, 0.4) is 0 Å². The summed E-state index contributed by atoms with van der Waals surface area (Å²) in [6, 6.07) is 3.52. The van der Waals surface area contributed by atoms with E-state index in [0.29, 0.717) is 17.7 Å². The summed E-state index contributed by atoms with van der Waals surface area (Å²) < 4.78 is 24.4. The van der Waals surface area contributed by atoms with E-state index in [1.165, 1.54) is 13.2 Å². The number of carbonyl (C=O) groups excluding carboxylic acids is 1. The molecular formula is C18H24FN3O3. The lowest BCUT2D eigenvalue weighted by Crippen LogP contribution is -2.42. The van der Waals surface area contributed by atoms with Crippen LogP contribution in [0.2, 0.25) is 0 Å². The van der Waals surface area contributed by atoms with Crippen molar-refractivity contribution < 1.29 is 18.4 Å². The topological polar surface area (TPSA) is 76.4 Å². The zero-order chi connectivity index (χ0) is 18.6. The molecule has 2 N–H and O–H groups in total. The predicted octanol–water partition coefficient (Wildman–Crippen LogP) is 3.43. The lowest BCUT2D eigenvalue weighted by molar-refractivity contribution is 0.234. The third kappa shape index (κ3) is 4.49. The van der Waals surface area contributed by atoms with Crippen molar-refractivity contribution >= 4 is 6.03 Å². The molecule has 0 unspecified atom stereocenters. The van der Waals surface area contributed by atoms with Gasteiger partial charge in [-0.2, -0.15) is 0 Å². The molecule has 0 aliphatic heterocycles. The number of carbonyl (C=O) groups is 1. The fourth-order valence-corrected chi connectivity index (χ4v) is 2.80. The van der Waals surface area contributed by atoms with Gasteiger partial charge in [0.2, 0.25) is 0 Å². The van der Waals surface area contributed by atoms with E-state index in [2.05, 4.69) is 15.8 Å². The number of aryl methyl sites for hydroxylation is 2. The van der Waals surface area contributed by atoms with Crippen LogP contribution in [0.4, 0.5) is 9.18 Å². The van der Waals surface area contributed by atoms with E-state index in [-0.39, 0.29) is 12.1 Å². The van der Waals surface area contributed by atoms with Crippen molar-refractivity contribution in [1.29, 1.82) is 0 Å². The Morgan fingerprint density at radius 2 is 2.04 bits per heavy atom. The molecule has 0 saturated carbocycles. The standard InChI is InChI=1S/C18H24FN3O3/c1-10(9-14-11(2)22-25-13(14)4)20-18(23)21-12(3)17-15(19)7-6-8-16(17)24-5/h6-8,10,12H,9H2,1-5H3,(H2,20,21,23)/t10-,12+/m1/s1. The Hall–Kier alpha value is -2.57. The first-order valence-corrected chi connectivity index (χ1v) is 8.14. The number of amides is 2. The number of hydrogen-bond acceptors (Lipinski definition) is 4. The smallest absolute Gasteiger partial charge is 0.315 e. The molecule has 1 heterocycles. The van der Waals surface area contributed by atoms with Gasteiger partial charge in [-0.15, -0.1) is 0 Å². The van der Waals surface area contributed by atoms with Crippen molar-refractivity contribution in [3.63, 3.8) is 0 Å². The summed E-state index contributed by atoms with van der Waals surface area (Å²) in [6.45, 7) is 7.30. The van der Waals surface area contributed by atoms with Crippen LogP contribution in [0.15, 0.2) is 22.7 Å². The van der Waals surface area contributed by atoms with E-state index >= 15 is 0 Å². The Kier molecular flexibility index (Phi) is 6.01. The van der Waals surface area contributed by atoms with Crippen molar-refractivity contribution in [2.45, 2.75) is 46.2 Å². The van der Waals surface area contributed by atoms with Crippen molar-refractivity contribution in [2.24, 2.45) is 0 Å². The molecule has 2 atom stereocenters. The molecule has 0 bridgehead atoms. The van der Waals surface area contributed by atoms with Crippen LogP contribution in [-0.2, 0) is 6.42 Å². The highest BCUT2D eigenvalue weighted by molar-refractivity contribution is 5.75. The average Bonchev–Trinajstić information content (AvgIpc) is 2.85.